The monoisotopic (exact) mass is 212 g/mol. The van der Waals surface area contributed by atoms with Crippen LogP contribution in [-0.2, 0) is 0 Å². The highest BCUT2D eigenvalue weighted by Crippen LogP contribution is 2.28. The van der Waals surface area contributed by atoms with Crippen LogP contribution >= 0.6 is 0 Å². The molecule has 1 saturated carbocycles. The predicted octanol–water partition coefficient (Wildman–Crippen LogP) is 2.48. The molecular weight excluding hydrogens is 184 g/mol. The van der Waals surface area contributed by atoms with Crippen molar-refractivity contribution in [2.24, 2.45) is 17.6 Å². The van der Waals surface area contributed by atoms with Crippen molar-refractivity contribution >= 4 is 0 Å². The minimum atomic E-state index is 0.598. The molecule has 0 aromatic carbocycles. The molecule has 0 saturated heterocycles. The predicted molar refractivity (Wildman–Crippen MR) is 66.9 cm³/mol. The lowest BCUT2D eigenvalue weighted by Crippen LogP contribution is -2.47. The maximum absolute atomic E-state index is 5.92. The smallest absolute Gasteiger partial charge is 0.0243 e. The Labute approximate surface area is 95.2 Å². The number of hydrogen-bond acceptors (Lipinski definition) is 2. The molecule has 2 atom stereocenters. The van der Waals surface area contributed by atoms with Crippen molar-refractivity contribution in [1.29, 1.82) is 0 Å². The molecule has 1 aliphatic carbocycles. The van der Waals surface area contributed by atoms with E-state index in [1.165, 1.54) is 32.2 Å². The first kappa shape index (κ1) is 13.0. The Bertz CT molecular complexity index is 166. The number of rotatable bonds is 7. The molecule has 15 heavy (non-hydrogen) atoms. The molecule has 1 rings (SSSR count). The number of hydrogen-bond donors (Lipinski definition) is 1. The summed E-state index contributed by atoms with van der Waals surface area (Å²) >= 11 is 0. The molecule has 0 heterocycles. The second-order valence-electron chi connectivity index (χ2n) is 5.07. The summed E-state index contributed by atoms with van der Waals surface area (Å²) in [4.78, 5) is 2.61. The molecule has 90 valence electrons. The standard InChI is InChI=1S/C13H28N2/c1-4-11(3)13(9-14)15(5-2)10-12-7-6-8-12/h11-13H,4-10,14H2,1-3H3. The van der Waals surface area contributed by atoms with E-state index in [2.05, 4.69) is 25.7 Å². The first-order valence-electron chi connectivity index (χ1n) is 6.67. The Hall–Kier alpha value is -0.0800. The molecule has 1 fully saturated rings. The Balaban J connectivity index is 2.44. The summed E-state index contributed by atoms with van der Waals surface area (Å²) < 4.78 is 0. The van der Waals surface area contributed by atoms with Gasteiger partial charge >= 0.3 is 0 Å². The number of likely N-dealkylation sites (N-methyl/N-ethyl adjacent to an activating group) is 1. The van der Waals surface area contributed by atoms with Crippen molar-refractivity contribution in [1.82, 2.24) is 4.90 Å². The summed E-state index contributed by atoms with van der Waals surface area (Å²) in [5.74, 6) is 1.69. The topological polar surface area (TPSA) is 29.3 Å². The molecule has 0 bridgehead atoms. The van der Waals surface area contributed by atoms with Crippen molar-refractivity contribution in [3.05, 3.63) is 0 Å². The zero-order chi connectivity index (χ0) is 11.3. The highest BCUT2D eigenvalue weighted by molar-refractivity contribution is 4.81. The van der Waals surface area contributed by atoms with E-state index in [-0.39, 0.29) is 0 Å². The molecule has 1 aliphatic rings. The van der Waals surface area contributed by atoms with Gasteiger partial charge in [0.05, 0.1) is 0 Å². The van der Waals surface area contributed by atoms with E-state index in [1.54, 1.807) is 0 Å². The Kier molecular flexibility index (Phi) is 5.62. The molecule has 2 N–H and O–H groups in total. The van der Waals surface area contributed by atoms with Gasteiger partial charge in [0.15, 0.2) is 0 Å². The SMILES string of the molecule is CCC(C)C(CN)N(CC)CC1CCC1. The summed E-state index contributed by atoms with van der Waals surface area (Å²) in [6.45, 7) is 10.1. The van der Waals surface area contributed by atoms with Crippen LogP contribution in [0.3, 0.4) is 0 Å². The summed E-state index contributed by atoms with van der Waals surface area (Å²) in [7, 11) is 0. The van der Waals surface area contributed by atoms with Gasteiger partial charge in [0.2, 0.25) is 0 Å². The molecule has 2 heteroatoms. The quantitative estimate of drug-likeness (QED) is 0.702. The van der Waals surface area contributed by atoms with Gasteiger partial charge in [0.25, 0.3) is 0 Å². The van der Waals surface area contributed by atoms with Crippen molar-refractivity contribution in [2.75, 3.05) is 19.6 Å². The lowest BCUT2D eigenvalue weighted by Gasteiger charge is -2.38. The second-order valence-corrected chi connectivity index (χ2v) is 5.07. The van der Waals surface area contributed by atoms with Crippen LogP contribution in [-0.4, -0.2) is 30.6 Å². The minimum absolute atomic E-state index is 0.598. The summed E-state index contributed by atoms with van der Waals surface area (Å²) in [6.07, 6.45) is 5.56. The van der Waals surface area contributed by atoms with Crippen LogP contribution in [0.2, 0.25) is 0 Å². The Morgan fingerprint density at radius 2 is 2.00 bits per heavy atom. The maximum Gasteiger partial charge on any atom is 0.0243 e. The van der Waals surface area contributed by atoms with E-state index >= 15 is 0 Å². The van der Waals surface area contributed by atoms with Crippen LogP contribution < -0.4 is 5.73 Å². The van der Waals surface area contributed by atoms with Gasteiger partial charge in [-0.3, -0.25) is 4.90 Å². The van der Waals surface area contributed by atoms with E-state index in [0.29, 0.717) is 6.04 Å². The number of nitrogens with two attached hydrogens (primary N) is 1. The molecule has 0 aromatic heterocycles. The third-order valence-electron chi connectivity index (χ3n) is 4.13. The minimum Gasteiger partial charge on any atom is -0.329 e. The zero-order valence-corrected chi connectivity index (χ0v) is 10.7. The van der Waals surface area contributed by atoms with Crippen LogP contribution in [0.25, 0.3) is 0 Å². The van der Waals surface area contributed by atoms with Crippen molar-refractivity contribution in [3.63, 3.8) is 0 Å². The molecule has 2 unspecified atom stereocenters. The third kappa shape index (κ3) is 3.46. The molecule has 0 radical (unpaired) electrons. The third-order valence-corrected chi connectivity index (χ3v) is 4.13. The fourth-order valence-electron chi connectivity index (χ4n) is 2.52. The largest absolute Gasteiger partial charge is 0.329 e. The van der Waals surface area contributed by atoms with Gasteiger partial charge in [0, 0.05) is 19.1 Å². The molecule has 0 aromatic rings. The van der Waals surface area contributed by atoms with Gasteiger partial charge in [-0.25, -0.2) is 0 Å². The highest BCUT2D eigenvalue weighted by Gasteiger charge is 2.26. The van der Waals surface area contributed by atoms with Gasteiger partial charge in [-0.1, -0.05) is 33.6 Å². The van der Waals surface area contributed by atoms with E-state index in [9.17, 15) is 0 Å². The fourth-order valence-corrected chi connectivity index (χ4v) is 2.52. The Morgan fingerprint density at radius 3 is 2.33 bits per heavy atom. The van der Waals surface area contributed by atoms with Gasteiger partial charge in [0.1, 0.15) is 0 Å². The summed E-state index contributed by atoms with van der Waals surface area (Å²) in [6, 6.07) is 0.598. The maximum atomic E-state index is 5.92. The van der Waals surface area contributed by atoms with Crippen LogP contribution in [0.1, 0.15) is 46.5 Å². The lowest BCUT2D eigenvalue weighted by atomic mass is 9.84. The van der Waals surface area contributed by atoms with Gasteiger partial charge in [-0.05, 0) is 31.2 Å². The Morgan fingerprint density at radius 1 is 1.33 bits per heavy atom. The van der Waals surface area contributed by atoms with E-state index < -0.39 is 0 Å². The average molecular weight is 212 g/mol. The first-order chi connectivity index (χ1) is 7.22. The summed E-state index contributed by atoms with van der Waals surface area (Å²) in [5.41, 5.74) is 5.92. The molecular formula is C13H28N2. The van der Waals surface area contributed by atoms with Crippen molar-refractivity contribution in [2.45, 2.75) is 52.5 Å². The summed E-state index contributed by atoms with van der Waals surface area (Å²) in [5, 5.41) is 0. The average Bonchev–Trinajstić information content (AvgIpc) is 2.20. The van der Waals surface area contributed by atoms with Gasteiger partial charge in [-0.15, -0.1) is 0 Å². The zero-order valence-electron chi connectivity index (χ0n) is 10.7. The van der Waals surface area contributed by atoms with E-state index in [1.807, 2.05) is 0 Å². The fraction of sp³-hybridized carbons (Fsp3) is 1.00. The van der Waals surface area contributed by atoms with Crippen molar-refractivity contribution in [3.8, 4) is 0 Å². The first-order valence-corrected chi connectivity index (χ1v) is 6.67. The van der Waals surface area contributed by atoms with Crippen LogP contribution in [0.5, 0.6) is 0 Å². The highest BCUT2D eigenvalue weighted by atomic mass is 15.2. The molecule has 0 spiro atoms. The molecule has 2 nitrogen and oxygen atoms in total. The van der Waals surface area contributed by atoms with E-state index in [4.69, 9.17) is 5.73 Å². The van der Waals surface area contributed by atoms with Crippen LogP contribution in [0, 0.1) is 11.8 Å². The van der Waals surface area contributed by atoms with Gasteiger partial charge < -0.3 is 5.73 Å². The van der Waals surface area contributed by atoms with E-state index in [0.717, 1.165) is 24.9 Å². The van der Waals surface area contributed by atoms with Crippen molar-refractivity contribution < 1.29 is 0 Å². The van der Waals surface area contributed by atoms with Crippen LogP contribution in [0.15, 0.2) is 0 Å². The number of nitrogens with zero attached hydrogens (tertiary/aromatic N) is 1. The lowest BCUT2D eigenvalue weighted by molar-refractivity contribution is 0.109. The van der Waals surface area contributed by atoms with Gasteiger partial charge in [-0.2, -0.15) is 0 Å². The second kappa shape index (κ2) is 6.49. The normalized spacial score (nSPS) is 21.4. The van der Waals surface area contributed by atoms with Crippen LogP contribution in [0.4, 0.5) is 0 Å². The molecule has 0 aliphatic heterocycles. The molecule has 0 amide bonds.